The van der Waals surface area contributed by atoms with Crippen molar-refractivity contribution < 1.29 is 18.7 Å². The molecule has 3 rings (SSSR count). The van der Waals surface area contributed by atoms with E-state index in [1.807, 2.05) is 6.20 Å². The standard InChI is InChI=1S/C18H22FN3O3/c1-21(18(23)13-24-12-17-3-2-8-25-17)10-14-9-20-22(11-14)16-6-4-15(19)5-7-16/h4-7,9,11,17H,2-3,8,10,12-13H2,1H3/t17-/m0/s1. The van der Waals surface area contributed by atoms with E-state index < -0.39 is 0 Å². The van der Waals surface area contributed by atoms with Gasteiger partial charge >= 0.3 is 0 Å². The van der Waals surface area contributed by atoms with E-state index in [0.717, 1.165) is 30.7 Å². The molecule has 7 heteroatoms. The molecule has 0 unspecified atom stereocenters. The van der Waals surface area contributed by atoms with E-state index in [2.05, 4.69) is 5.10 Å². The largest absolute Gasteiger partial charge is 0.376 e. The summed E-state index contributed by atoms with van der Waals surface area (Å²) >= 11 is 0. The molecule has 1 atom stereocenters. The maximum absolute atomic E-state index is 13.0. The molecule has 1 saturated heterocycles. The number of aromatic nitrogens is 2. The van der Waals surface area contributed by atoms with Gasteiger partial charge in [-0.3, -0.25) is 4.79 Å². The molecule has 0 spiro atoms. The third kappa shape index (κ3) is 4.87. The van der Waals surface area contributed by atoms with E-state index in [-0.39, 0.29) is 24.4 Å². The highest BCUT2D eigenvalue weighted by atomic mass is 19.1. The Bertz CT molecular complexity index is 696. The van der Waals surface area contributed by atoms with E-state index in [9.17, 15) is 9.18 Å². The van der Waals surface area contributed by atoms with Crippen molar-refractivity contribution in [2.45, 2.75) is 25.5 Å². The van der Waals surface area contributed by atoms with Crippen molar-refractivity contribution in [2.24, 2.45) is 0 Å². The number of nitrogens with zero attached hydrogens (tertiary/aromatic N) is 3. The zero-order valence-corrected chi connectivity index (χ0v) is 14.2. The molecule has 0 radical (unpaired) electrons. The van der Waals surface area contributed by atoms with Gasteiger partial charge in [-0.2, -0.15) is 5.10 Å². The van der Waals surface area contributed by atoms with Crippen LogP contribution in [-0.2, 0) is 20.8 Å². The molecule has 0 bridgehead atoms. The topological polar surface area (TPSA) is 56.6 Å². The Balaban J connectivity index is 1.47. The molecule has 1 aromatic carbocycles. The molecule has 0 aliphatic carbocycles. The third-order valence-corrected chi connectivity index (χ3v) is 4.13. The molecular weight excluding hydrogens is 325 g/mol. The molecule has 134 valence electrons. The minimum atomic E-state index is -0.288. The van der Waals surface area contributed by atoms with Gasteiger partial charge in [-0.1, -0.05) is 0 Å². The molecule has 1 aliphatic rings. The van der Waals surface area contributed by atoms with E-state index in [1.54, 1.807) is 35.0 Å². The molecule has 25 heavy (non-hydrogen) atoms. The number of rotatable bonds is 7. The molecule has 2 aromatic rings. The first-order valence-corrected chi connectivity index (χ1v) is 8.34. The van der Waals surface area contributed by atoms with Crippen molar-refractivity contribution in [1.82, 2.24) is 14.7 Å². The lowest BCUT2D eigenvalue weighted by Crippen LogP contribution is -2.31. The lowest BCUT2D eigenvalue weighted by molar-refractivity contribution is -0.136. The zero-order valence-electron chi connectivity index (χ0n) is 14.2. The summed E-state index contributed by atoms with van der Waals surface area (Å²) in [7, 11) is 1.73. The number of amides is 1. The SMILES string of the molecule is CN(Cc1cnn(-c2ccc(F)cc2)c1)C(=O)COC[C@@H]1CCCO1. The van der Waals surface area contributed by atoms with Crippen LogP contribution in [-0.4, -0.2) is 53.6 Å². The van der Waals surface area contributed by atoms with Gasteiger partial charge in [0.1, 0.15) is 12.4 Å². The summed E-state index contributed by atoms with van der Waals surface area (Å²) in [5.74, 6) is -0.378. The number of hydrogen-bond donors (Lipinski definition) is 0. The van der Waals surface area contributed by atoms with Crippen molar-refractivity contribution in [3.63, 3.8) is 0 Å². The van der Waals surface area contributed by atoms with Crippen molar-refractivity contribution in [3.8, 4) is 5.69 Å². The molecule has 1 amide bonds. The lowest BCUT2D eigenvalue weighted by Gasteiger charge is -2.17. The Morgan fingerprint density at radius 3 is 2.96 bits per heavy atom. The summed E-state index contributed by atoms with van der Waals surface area (Å²) in [6, 6.07) is 6.08. The van der Waals surface area contributed by atoms with Crippen LogP contribution in [0.1, 0.15) is 18.4 Å². The van der Waals surface area contributed by atoms with Gasteiger partial charge in [0.05, 0.1) is 24.6 Å². The highest BCUT2D eigenvalue weighted by Crippen LogP contribution is 2.13. The first-order chi connectivity index (χ1) is 12.1. The average Bonchev–Trinajstić information content (AvgIpc) is 3.27. The highest BCUT2D eigenvalue weighted by molar-refractivity contribution is 5.77. The van der Waals surface area contributed by atoms with Crippen LogP contribution in [0, 0.1) is 5.82 Å². The van der Waals surface area contributed by atoms with Crippen LogP contribution < -0.4 is 0 Å². The van der Waals surface area contributed by atoms with E-state index in [1.165, 1.54) is 12.1 Å². The van der Waals surface area contributed by atoms with Gasteiger partial charge in [-0.15, -0.1) is 0 Å². The first kappa shape index (κ1) is 17.6. The molecule has 0 saturated carbocycles. The van der Waals surface area contributed by atoms with Gasteiger partial charge in [0.15, 0.2) is 0 Å². The minimum Gasteiger partial charge on any atom is -0.376 e. The van der Waals surface area contributed by atoms with Crippen LogP contribution in [0.25, 0.3) is 5.69 Å². The molecule has 1 fully saturated rings. The Morgan fingerprint density at radius 1 is 1.44 bits per heavy atom. The lowest BCUT2D eigenvalue weighted by atomic mass is 10.2. The second-order valence-electron chi connectivity index (χ2n) is 6.17. The van der Waals surface area contributed by atoms with E-state index in [0.29, 0.717) is 13.2 Å². The minimum absolute atomic E-state index is 0.0441. The number of likely N-dealkylation sites (N-methyl/N-ethyl adjacent to an activating group) is 1. The van der Waals surface area contributed by atoms with Crippen LogP contribution in [0.15, 0.2) is 36.7 Å². The predicted molar refractivity (Wildman–Crippen MR) is 89.8 cm³/mol. The van der Waals surface area contributed by atoms with Gasteiger partial charge in [-0.25, -0.2) is 9.07 Å². The van der Waals surface area contributed by atoms with Crippen LogP contribution in [0.3, 0.4) is 0 Å². The Hall–Kier alpha value is -2.25. The summed E-state index contributed by atoms with van der Waals surface area (Å²) in [6.45, 7) is 1.72. The second-order valence-corrected chi connectivity index (χ2v) is 6.17. The molecular formula is C18H22FN3O3. The highest BCUT2D eigenvalue weighted by Gasteiger charge is 2.17. The van der Waals surface area contributed by atoms with Gasteiger partial charge in [0.2, 0.25) is 5.91 Å². The first-order valence-electron chi connectivity index (χ1n) is 8.34. The smallest absolute Gasteiger partial charge is 0.248 e. The summed E-state index contributed by atoms with van der Waals surface area (Å²) in [4.78, 5) is 13.7. The van der Waals surface area contributed by atoms with Crippen LogP contribution in [0.2, 0.25) is 0 Å². The molecule has 6 nitrogen and oxygen atoms in total. The second kappa shape index (κ2) is 8.22. The number of halogens is 1. The van der Waals surface area contributed by atoms with Crippen molar-refractivity contribution >= 4 is 5.91 Å². The normalized spacial score (nSPS) is 17.0. The summed E-state index contributed by atoms with van der Waals surface area (Å²) in [5, 5.41) is 4.25. The Morgan fingerprint density at radius 2 is 2.24 bits per heavy atom. The number of ether oxygens (including phenoxy) is 2. The maximum Gasteiger partial charge on any atom is 0.248 e. The number of benzene rings is 1. The van der Waals surface area contributed by atoms with Gasteiger partial charge in [0, 0.05) is 32.0 Å². The third-order valence-electron chi connectivity index (χ3n) is 4.13. The number of carbonyl (C=O) groups excluding carboxylic acids is 1. The van der Waals surface area contributed by atoms with Crippen LogP contribution in [0.5, 0.6) is 0 Å². The van der Waals surface area contributed by atoms with Crippen molar-refractivity contribution in [3.05, 3.63) is 48.0 Å². The van der Waals surface area contributed by atoms with Gasteiger partial charge < -0.3 is 14.4 Å². The molecule has 1 aliphatic heterocycles. The number of hydrogen-bond acceptors (Lipinski definition) is 4. The maximum atomic E-state index is 13.0. The van der Waals surface area contributed by atoms with Crippen LogP contribution in [0.4, 0.5) is 4.39 Å². The van der Waals surface area contributed by atoms with Crippen LogP contribution >= 0.6 is 0 Å². The molecule has 2 heterocycles. The number of carbonyl (C=O) groups is 1. The average molecular weight is 347 g/mol. The van der Waals surface area contributed by atoms with Crippen molar-refractivity contribution in [2.75, 3.05) is 26.9 Å². The van der Waals surface area contributed by atoms with E-state index in [4.69, 9.17) is 9.47 Å². The fourth-order valence-corrected chi connectivity index (χ4v) is 2.70. The summed E-state index contributed by atoms with van der Waals surface area (Å²) in [6.07, 6.45) is 5.68. The van der Waals surface area contributed by atoms with Gasteiger partial charge in [0.25, 0.3) is 0 Å². The monoisotopic (exact) mass is 347 g/mol. The Labute approximate surface area is 146 Å². The van der Waals surface area contributed by atoms with E-state index >= 15 is 0 Å². The molecule has 1 aromatic heterocycles. The Kier molecular flexibility index (Phi) is 5.78. The van der Waals surface area contributed by atoms with Crippen molar-refractivity contribution in [1.29, 1.82) is 0 Å². The van der Waals surface area contributed by atoms with Gasteiger partial charge in [-0.05, 0) is 37.1 Å². The summed E-state index contributed by atoms with van der Waals surface area (Å²) < 4.78 is 25.5. The zero-order chi connectivity index (χ0) is 17.6. The fourth-order valence-electron chi connectivity index (χ4n) is 2.70. The predicted octanol–water partition coefficient (Wildman–Crippen LogP) is 2.17. The quantitative estimate of drug-likeness (QED) is 0.770. The summed E-state index contributed by atoms with van der Waals surface area (Å²) in [5.41, 5.74) is 1.65. The molecule has 0 N–H and O–H groups in total. The fraction of sp³-hybridized carbons (Fsp3) is 0.444.